The number of benzene rings is 3. The molecule has 1 saturated carbocycles. The Morgan fingerprint density at radius 2 is 1.26 bits per heavy atom. The van der Waals surface area contributed by atoms with Crippen molar-refractivity contribution in [2.45, 2.75) is 90.4 Å². The SMILES string of the molecule is CCCC[C@H]1CC[C@H](c2ccc(-c3ccc(CCc4ccc(CCC)cc4)cc3)c(F)c2)CC1. The highest BCUT2D eigenvalue weighted by atomic mass is 19.1. The van der Waals surface area contributed by atoms with Crippen LogP contribution in [-0.2, 0) is 19.3 Å². The van der Waals surface area contributed by atoms with Crippen LogP contribution in [0.2, 0.25) is 0 Å². The van der Waals surface area contributed by atoms with Crippen LogP contribution in [-0.4, -0.2) is 0 Å². The Kier molecular flexibility index (Phi) is 8.97. The van der Waals surface area contributed by atoms with E-state index in [1.165, 1.54) is 73.6 Å². The summed E-state index contributed by atoms with van der Waals surface area (Å²) in [4.78, 5) is 0. The Morgan fingerprint density at radius 1 is 0.676 bits per heavy atom. The molecule has 0 nitrogen and oxygen atoms in total. The molecule has 0 bridgehead atoms. The predicted molar refractivity (Wildman–Crippen MR) is 144 cm³/mol. The highest BCUT2D eigenvalue weighted by Crippen LogP contribution is 2.38. The van der Waals surface area contributed by atoms with E-state index in [1.807, 2.05) is 12.1 Å². The molecule has 0 amide bonds. The number of hydrogen-bond acceptors (Lipinski definition) is 0. The average Bonchev–Trinajstić information content (AvgIpc) is 2.88. The van der Waals surface area contributed by atoms with Crippen LogP contribution in [0.1, 0.15) is 93.4 Å². The van der Waals surface area contributed by atoms with Gasteiger partial charge in [-0.05, 0) is 90.7 Å². The summed E-state index contributed by atoms with van der Waals surface area (Å²) in [5.41, 5.74) is 6.99. The molecule has 0 atom stereocenters. The van der Waals surface area contributed by atoms with Crippen LogP contribution >= 0.6 is 0 Å². The Bertz CT molecular complexity index is 1010. The third-order valence-electron chi connectivity index (χ3n) is 7.81. The summed E-state index contributed by atoms with van der Waals surface area (Å²) >= 11 is 0. The zero-order chi connectivity index (χ0) is 23.8. The zero-order valence-electron chi connectivity index (χ0n) is 21.2. The number of hydrogen-bond donors (Lipinski definition) is 0. The van der Waals surface area contributed by atoms with Crippen molar-refractivity contribution in [3.05, 3.63) is 94.8 Å². The molecule has 180 valence electrons. The average molecular weight is 457 g/mol. The van der Waals surface area contributed by atoms with Crippen LogP contribution in [0.25, 0.3) is 11.1 Å². The van der Waals surface area contributed by atoms with Crippen LogP contribution in [0.15, 0.2) is 66.7 Å². The van der Waals surface area contributed by atoms with Crippen molar-refractivity contribution in [1.82, 2.24) is 0 Å². The van der Waals surface area contributed by atoms with Crippen molar-refractivity contribution < 1.29 is 4.39 Å². The first-order valence-corrected chi connectivity index (χ1v) is 13.6. The van der Waals surface area contributed by atoms with Crippen molar-refractivity contribution in [1.29, 1.82) is 0 Å². The van der Waals surface area contributed by atoms with Gasteiger partial charge in [0.2, 0.25) is 0 Å². The summed E-state index contributed by atoms with van der Waals surface area (Å²) < 4.78 is 15.1. The molecule has 0 spiro atoms. The minimum absolute atomic E-state index is 0.0782. The highest BCUT2D eigenvalue weighted by molar-refractivity contribution is 5.65. The highest BCUT2D eigenvalue weighted by Gasteiger charge is 2.22. The second kappa shape index (κ2) is 12.3. The van der Waals surface area contributed by atoms with Gasteiger partial charge in [0.15, 0.2) is 0 Å². The number of aryl methyl sites for hydroxylation is 3. The molecule has 3 aromatic rings. The second-order valence-corrected chi connectivity index (χ2v) is 10.4. The summed E-state index contributed by atoms with van der Waals surface area (Å²) in [5.74, 6) is 1.34. The van der Waals surface area contributed by atoms with Gasteiger partial charge in [-0.1, -0.05) is 100 Å². The van der Waals surface area contributed by atoms with Crippen molar-refractivity contribution in [2.75, 3.05) is 0 Å². The molecule has 0 heterocycles. The maximum absolute atomic E-state index is 15.1. The lowest BCUT2D eigenvalue weighted by Gasteiger charge is -2.29. The van der Waals surface area contributed by atoms with Gasteiger partial charge in [0.1, 0.15) is 5.82 Å². The maximum atomic E-state index is 15.1. The molecular weight excluding hydrogens is 415 g/mol. The summed E-state index contributed by atoms with van der Waals surface area (Å²) in [5, 5.41) is 0. The Labute approximate surface area is 206 Å². The van der Waals surface area contributed by atoms with Gasteiger partial charge in [0.25, 0.3) is 0 Å². The zero-order valence-corrected chi connectivity index (χ0v) is 21.2. The minimum Gasteiger partial charge on any atom is -0.206 e. The molecule has 3 aromatic carbocycles. The number of unbranched alkanes of at least 4 members (excludes halogenated alkanes) is 1. The van der Waals surface area contributed by atoms with Crippen LogP contribution in [0, 0.1) is 11.7 Å². The van der Waals surface area contributed by atoms with E-state index >= 15 is 4.39 Å². The Morgan fingerprint density at radius 3 is 1.82 bits per heavy atom. The van der Waals surface area contributed by atoms with Gasteiger partial charge >= 0.3 is 0 Å². The first-order valence-electron chi connectivity index (χ1n) is 13.6. The van der Waals surface area contributed by atoms with Gasteiger partial charge in [-0.2, -0.15) is 0 Å². The van der Waals surface area contributed by atoms with Crippen molar-refractivity contribution >= 4 is 0 Å². The summed E-state index contributed by atoms with van der Waals surface area (Å²) in [6, 6.07) is 23.5. The third-order valence-corrected chi connectivity index (χ3v) is 7.81. The lowest BCUT2D eigenvalue weighted by Crippen LogP contribution is -2.13. The Balaban J connectivity index is 1.33. The lowest BCUT2D eigenvalue weighted by atomic mass is 9.77. The van der Waals surface area contributed by atoms with Crippen molar-refractivity contribution in [3.8, 4) is 11.1 Å². The standard InChI is InChI=1S/C33H41F/c1-3-5-7-26-14-18-29(19-15-26)31-22-23-32(33(34)24-31)30-20-16-28(17-21-30)13-12-27-10-8-25(6-4-2)9-11-27/h8-11,16-17,20-24,26,29H,3-7,12-15,18-19H2,1-2H3/t26-,29-. The lowest BCUT2D eigenvalue weighted by molar-refractivity contribution is 0.304. The van der Waals surface area contributed by atoms with Crippen molar-refractivity contribution in [3.63, 3.8) is 0 Å². The fraction of sp³-hybridized carbons (Fsp3) is 0.455. The molecule has 1 heteroatoms. The summed E-state index contributed by atoms with van der Waals surface area (Å²) in [6.07, 6.45) is 13.4. The minimum atomic E-state index is -0.0782. The van der Waals surface area contributed by atoms with E-state index < -0.39 is 0 Å². The second-order valence-electron chi connectivity index (χ2n) is 10.4. The normalized spacial score (nSPS) is 18.2. The summed E-state index contributed by atoms with van der Waals surface area (Å²) in [7, 11) is 0. The fourth-order valence-electron chi connectivity index (χ4n) is 5.60. The van der Waals surface area contributed by atoms with Crippen LogP contribution in [0.4, 0.5) is 4.39 Å². The van der Waals surface area contributed by atoms with E-state index in [4.69, 9.17) is 0 Å². The molecule has 1 fully saturated rings. The number of rotatable bonds is 10. The molecule has 0 aromatic heterocycles. The molecule has 34 heavy (non-hydrogen) atoms. The molecule has 0 radical (unpaired) electrons. The van der Waals surface area contributed by atoms with E-state index in [9.17, 15) is 0 Å². The number of halogens is 1. The van der Waals surface area contributed by atoms with Gasteiger partial charge in [-0.15, -0.1) is 0 Å². The van der Waals surface area contributed by atoms with E-state index in [2.05, 4.69) is 68.4 Å². The molecule has 0 aliphatic heterocycles. The van der Waals surface area contributed by atoms with E-state index in [-0.39, 0.29) is 5.82 Å². The summed E-state index contributed by atoms with van der Waals surface area (Å²) in [6.45, 7) is 4.49. The Hall–Kier alpha value is -2.41. The maximum Gasteiger partial charge on any atom is 0.131 e. The molecule has 4 rings (SSSR count). The molecule has 1 aliphatic carbocycles. The quantitative estimate of drug-likeness (QED) is 0.285. The van der Waals surface area contributed by atoms with Gasteiger partial charge < -0.3 is 0 Å². The largest absolute Gasteiger partial charge is 0.206 e. The first kappa shape index (κ1) is 24.7. The van der Waals surface area contributed by atoms with Gasteiger partial charge in [-0.25, -0.2) is 4.39 Å². The predicted octanol–water partition coefficient (Wildman–Crippen LogP) is 9.69. The van der Waals surface area contributed by atoms with Gasteiger partial charge in [0.05, 0.1) is 0 Å². The molecular formula is C33H41F. The monoisotopic (exact) mass is 456 g/mol. The first-order chi connectivity index (χ1) is 16.7. The van der Waals surface area contributed by atoms with Gasteiger partial charge in [-0.3, -0.25) is 0 Å². The fourth-order valence-corrected chi connectivity index (χ4v) is 5.60. The molecule has 0 saturated heterocycles. The van der Waals surface area contributed by atoms with Crippen LogP contribution < -0.4 is 0 Å². The topological polar surface area (TPSA) is 0 Å². The molecule has 0 N–H and O–H groups in total. The van der Waals surface area contributed by atoms with Crippen LogP contribution in [0.3, 0.4) is 0 Å². The smallest absolute Gasteiger partial charge is 0.131 e. The third kappa shape index (κ3) is 6.59. The van der Waals surface area contributed by atoms with E-state index in [0.717, 1.165) is 36.3 Å². The molecule has 1 aliphatic rings. The van der Waals surface area contributed by atoms with E-state index in [0.29, 0.717) is 5.92 Å². The van der Waals surface area contributed by atoms with Crippen LogP contribution in [0.5, 0.6) is 0 Å². The molecule has 0 unspecified atom stereocenters. The van der Waals surface area contributed by atoms with Crippen molar-refractivity contribution in [2.24, 2.45) is 5.92 Å². The van der Waals surface area contributed by atoms with Gasteiger partial charge in [0, 0.05) is 5.56 Å². The van der Waals surface area contributed by atoms with E-state index in [1.54, 1.807) is 0 Å².